The Balaban J connectivity index is 2.03. The van der Waals surface area contributed by atoms with Gasteiger partial charge in [-0.1, -0.05) is 29.9 Å². The molecule has 2 aromatic carbocycles. The maximum Gasteiger partial charge on any atom is 0.326 e. The fraction of sp³-hybridized carbons (Fsp3) is 0.261. The summed E-state index contributed by atoms with van der Waals surface area (Å²) < 4.78 is 7.35. The van der Waals surface area contributed by atoms with Gasteiger partial charge in [-0.3, -0.25) is 4.57 Å². The second-order valence-electron chi connectivity index (χ2n) is 7.03. The SMILES string of the molecule is CCOc1cc(O)cc(C=Cc2ccc3[nH]c(=O)n(C)c3c2)c1CC=C(C)C. The molecule has 3 rings (SSSR count). The van der Waals surface area contributed by atoms with Crippen molar-refractivity contribution in [3.8, 4) is 11.5 Å². The third kappa shape index (κ3) is 4.19. The van der Waals surface area contributed by atoms with Gasteiger partial charge in [0, 0.05) is 18.7 Å². The van der Waals surface area contributed by atoms with E-state index in [2.05, 4.69) is 24.9 Å². The summed E-state index contributed by atoms with van der Waals surface area (Å²) in [4.78, 5) is 14.6. The van der Waals surface area contributed by atoms with Crippen LogP contribution >= 0.6 is 0 Å². The molecule has 2 N–H and O–H groups in total. The van der Waals surface area contributed by atoms with Crippen LogP contribution in [-0.2, 0) is 13.5 Å². The number of aromatic nitrogens is 2. The molecule has 1 heterocycles. The molecule has 0 aliphatic carbocycles. The first-order valence-corrected chi connectivity index (χ1v) is 9.38. The Morgan fingerprint density at radius 1 is 1.21 bits per heavy atom. The number of nitrogens with one attached hydrogen (secondary N) is 1. The molecular formula is C23H26N2O3. The Morgan fingerprint density at radius 2 is 2.00 bits per heavy atom. The fourth-order valence-electron chi connectivity index (χ4n) is 3.14. The number of aromatic hydroxyl groups is 1. The largest absolute Gasteiger partial charge is 0.508 e. The van der Waals surface area contributed by atoms with Gasteiger partial charge in [0.1, 0.15) is 11.5 Å². The zero-order valence-electron chi connectivity index (χ0n) is 16.7. The lowest BCUT2D eigenvalue weighted by Crippen LogP contribution is -2.11. The number of rotatable bonds is 6. The van der Waals surface area contributed by atoms with E-state index >= 15 is 0 Å². The zero-order valence-corrected chi connectivity index (χ0v) is 16.7. The molecule has 0 saturated heterocycles. The van der Waals surface area contributed by atoms with Crippen LogP contribution < -0.4 is 10.4 Å². The summed E-state index contributed by atoms with van der Waals surface area (Å²) in [5, 5.41) is 10.1. The standard InChI is InChI=1S/C23H26N2O3/c1-5-28-22-14-18(26)13-17(19(22)10-6-15(2)3)9-7-16-8-11-20-21(12-16)25(4)23(27)24-20/h6-9,11-14,26H,5,10H2,1-4H3,(H,24,27). The number of phenolic OH excluding ortho intramolecular Hbond substituents is 1. The van der Waals surface area contributed by atoms with Crippen LogP contribution in [0.1, 0.15) is 37.5 Å². The van der Waals surface area contributed by atoms with E-state index in [-0.39, 0.29) is 11.4 Å². The highest BCUT2D eigenvalue weighted by molar-refractivity contribution is 5.81. The van der Waals surface area contributed by atoms with Crippen LogP contribution in [0.4, 0.5) is 0 Å². The molecule has 0 aliphatic rings. The van der Waals surface area contributed by atoms with Gasteiger partial charge in [-0.05, 0) is 56.5 Å². The average Bonchev–Trinajstić information content (AvgIpc) is 2.93. The number of aromatic amines is 1. The molecule has 0 radical (unpaired) electrons. The summed E-state index contributed by atoms with van der Waals surface area (Å²) in [6.45, 7) is 6.59. The van der Waals surface area contributed by atoms with Crippen LogP contribution in [0.15, 0.2) is 46.8 Å². The number of ether oxygens (including phenoxy) is 1. The Bertz CT molecular complexity index is 1110. The normalized spacial score (nSPS) is 11.3. The first kappa shape index (κ1) is 19.5. The second kappa shape index (κ2) is 8.21. The van der Waals surface area contributed by atoms with Gasteiger partial charge in [0.2, 0.25) is 0 Å². The van der Waals surface area contributed by atoms with Crippen LogP contribution in [0.25, 0.3) is 23.2 Å². The van der Waals surface area contributed by atoms with Gasteiger partial charge >= 0.3 is 5.69 Å². The lowest BCUT2D eigenvalue weighted by Gasteiger charge is -2.13. The van der Waals surface area contributed by atoms with Crippen LogP contribution in [0.5, 0.6) is 11.5 Å². The van der Waals surface area contributed by atoms with Gasteiger partial charge in [-0.2, -0.15) is 0 Å². The molecule has 28 heavy (non-hydrogen) atoms. The predicted molar refractivity (Wildman–Crippen MR) is 115 cm³/mol. The smallest absolute Gasteiger partial charge is 0.326 e. The molecular weight excluding hydrogens is 352 g/mol. The minimum absolute atomic E-state index is 0.130. The van der Waals surface area contributed by atoms with Crippen molar-refractivity contribution in [2.75, 3.05) is 6.61 Å². The molecule has 0 fully saturated rings. The number of aryl methyl sites for hydroxylation is 1. The molecule has 0 aliphatic heterocycles. The number of nitrogens with zero attached hydrogens (tertiary/aromatic N) is 1. The monoisotopic (exact) mass is 378 g/mol. The number of allylic oxidation sites excluding steroid dienone is 2. The molecule has 0 spiro atoms. The molecule has 3 aromatic rings. The number of hydrogen-bond acceptors (Lipinski definition) is 3. The fourth-order valence-corrected chi connectivity index (χ4v) is 3.14. The van der Waals surface area contributed by atoms with Crippen LogP contribution in [0, 0.1) is 0 Å². The number of H-pyrrole nitrogens is 1. The molecule has 1 aromatic heterocycles. The zero-order chi connectivity index (χ0) is 20.3. The van der Waals surface area contributed by atoms with E-state index in [9.17, 15) is 9.90 Å². The average molecular weight is 378 g/mol. The first-order valence-electron chi connectivity index (χ1n) is 9.38. The maximum atomic E-state index is 11.8. The molecule has 0 bridgehead atoms. The third-order valence-electron chi connectivity index (χ3n) is 4.63. The van der Waals surface area contributed by atoms with Crippen LogP contribution in [-0.4, -0.2) is 21.3 Å². The summed E-state index contributed by atoms with van der Waals surface area (Å²) in [6.07, 6.45) is 6.83. The molecule has 0 saturated carbocycles. The van der Waals surface area contributed by atoms with Crippen molar-refractivity contribution >= 4 is 23.2 Å². The maximum absolute atomic E-state index is 11.8. The summed E-state index contributed by atoms with van der Waals surface area (Å²) in [5.74, 6) is 0.871. The van der Waals surface area contributed by atoms with Crippen LogP contribution in [0.3, 0.4) is 0 Å². The summed E-state index contributed by atoms with van der Waals surface area (Å²) >= 11 is 0. The van der Waals surface area contributed by atoms with Crippen molar-refractivity contribution < 1.29 is 9.84 Å². The summed E-state index contributed by atoms with van der Waals surface area (Å²) in [7, 11) is 1.75. The van der Waals surface area contributed by atoms with Crippen molar-refractivity contribution in [2.24, 2.45) is 7.05 Å². The van der Waals surface area contributed by atoms with Crippen LogP contribution in [0.2, 0.25) is 0 Å². The lowest BCUT2D eigenvalue weighted by molar-refractivity contribution is 0.334. The van der Waals surface area contributed by atoms with E-state index in [0.717, 1.165) is 34.1 Å². The van der Waals surface area contributed by atoms with Gasteiger partial charge in [0.05, 0.1) is 17.6 Å². The van der Waals surface area contributed by atoms with E-state index in [1.807, 2.05) is 37.3 Å². The highest BCUT2D eigenvalue weighted by Crippen LogP contribution is 2.31. The number of hydrogen-bond donors (Lipinski definition) is 2. The van der Waals surface area contributed by atoms with Gasteiger partial charge in [-0.25, -0.2) is 4.79 Å². The minimum atomic E-state index is -0.130. The second-order valence-corrected chi connectivity index (χ2v) is 7.03. The quantitative estimate of drug-likeness (QED) is 0.485. The third-order valence-corrected chi connectivity index (χ3v) is 4.63. The van der Waals surface area contributed by atoms with E-state index in [0.29, 0.717) is 12.4 Å². The molecule has 5 nitrogen and oxygen atoms in total. The molecule has 146 valence electrons. The van der Waals surface area contributed by atoms with Crippen molar-refractivity contribution in [3.05, 3.63) is 69.2 Å². The minimum Gasteiger partial charge on any atom is -0.508 e. The molecule has 0 atom stereocenters. The highest BCUT2D eigenvalue weighted by atomic mass is 16.5. The van der Waals surface area contributed by atoms with Crippen molar-refractivity contribution in [1.82, 2.24) is 9.55 Å². The van der Waals surface area contributed by atoms with E-state index < -0.39 is 0 Å². The Labute approximate surface area is 164 Å². The Morgan fingerprint density at radius 3 is 2.71 bits per heavy atom. The lowest BCUT2D eigenvalue weighted by atomic mass is 10.00. The first-order chi connectivity index (χ1) is 13.4. The van der Waals surface area contributed by atoms with Gasteiger partial charge in [-0.15, -0.1) is 0 Å². The van der Waals surface area contributed by atoms with Gasteiger partial charge in [0.25, 0.3) is 0 Å². The van der Waals surface area contributed by atoms with E-state index in [1.165, 1.54) is 5.57 Å². The number of fused-ring (bicyclic) bond motifs is 1. The van der Waals surface area contributed by atoms with Crippen molar-refractivity contribution in [2.45, 2.75) is 27.2 Å². The van der Waals surface area contributed by atoms with Crippen molar-refractivity contribution in [1.29, 1.82) is 0 Å². The summed E-state index contributed by atoms with van der Waals surface area (Å²) in [5.41, 5.74) is 5.67. The van der Waals surface area contributed by atoms with E-state index in [4.69, 9.17) is 4.74 Å². The van der Waals surface area contributed by atoms with Crippen molar-refractivity contribution in [3.63, 3.8) is 0 Å². The molecule has 0 unspecified atom stereocenters. The number of benzene rings is 2. The Hall–Kier alpha value is -3.21. The highest BCUT2D eigenvalue weighted by Gasteiger charge is 2.10. The molecule has 5 heteroatoms. The number of imidazole rings is 1. The van der Waals surface area contributed by atoms with Gasteiger partial charge < -0.3 is 14.8 Å². The number of phenols is 1. The summed E-state index contributed by atoms with van der Waals surface area (Å²) in [6, 6.07) is 9.23. The van der Waals surface area contributed by atoms with Gasteiger partial charge in [0.15, 0.2) is 0 Å². The molecule has 0 amide bonds. The van der Waals surface area contributed by atoms with E-state index in [1.54, 1.807) is 23.7 Å². The topological polar surface area (TPSA) is 67.2 Å². The predicted octanol–water partition coefficient (Wildman–Crippen LogP) is 4.65. The Kier molecular flexibility index (Phi) is 5.73.